The Morgan fingerprint density at radius 1 is 1.29 bits per heavy atom. The Balaban J connectivity index is 1.90. The lowest BCUT2D eigenvalue weighted by Crippen LogP contribution is -2.15. The number of hydrogen-bond donors (Lipinski definition) is 1. The van der Waals surface area contributed by atoms with E-state index in [1.165, 1.54) is 10.7 Å². The predicted octanol–water partition coefficient (Wildman–Crippen LogP) is 2.44. The third-order valence-electron chi connectivity index (χ3n) is 2.94. The molecule has 5 nitrogen and oxygen atoms in total. The van der Waals surface area contributed by atoms with Crippen LogP contribution in [0.1, 0.15) is 30.3 Å². The smallest absolute Gasteiger partial charge is 0.282 e. The normalized spacial score (nSPS) is 11.1. The summed E-state index contributed by atoms with van der Waals surface area (Å²) in [6.07, 6.45) is 0.851. The molecule has 7 heteroatoms. The summed E-state index contributed by atoms with van der Waals surface area (Å²) in [6.45, 7) is 3.52. The van der Waals surface area contributed by atoms with Crippen LogP contribution in [0.15, 0.2) is 24.5 Å². The van der Waals surface area contributed by atoms with Crippen molar-refractivity contribution in [3.63, 3.8) is 0 Å². The van der Waals surface area contributed by atoms with Crippen molar-refractivity contribution < 1.29 is 13.5 Å². The SMILES string of the molecule is CCOc1cncc(CNCc2cc(C(F)F)nn2C)c1. The van der Waals surface area contributed by atoms with E-state index in [0.717, 1.165) is 11.3 Å². The average Bonchev–Trinajstić information content (AvgIpc) is 2.82. The van der Waals surface area contributed by atoms with Crippen molar-refractivity contribution in [3.8, 4) is 5.75 Å². The first-order valence-corrected chi connectivity index (χ1v) is 6.68. The van der Waals surface area contributed by atoms with E-state index in [9.17, 15) is 8.78 Å². The standard InChI is InChI=1S/C14H18F2N4O/c1-3-21-12-4-10(7-18-9-12)6-17-8-11-5-13(14(15)16)19-20(11)2/h4-5,7,9,14,17H,3,6,8H2,1-2H3. The minimum atomic E-state index is -2.54. The van der Waals surface area contributed by atoms with Gasteiger partial charge in [-0.2, -0.15) is 5.10 Å². The molecule has 0 aliphatic heterocycles. The van der Waals surface area contributed by atoms with Gasteiger partial charge in [0.25, 0.3) is 6.43 Å². The van der Waals surface area contributed by atoms with Gasteiger partial charge < -0.3 is 10.1 Å². The lowest BCUT2D eigenvalue weighted by Gasteiger charge is -2.07. The van der Waals surface area contributed by atoms with Gasteiger partial charge in [-0.3, -0.25) is 9.67 Å². The summed E-state index contributed by atoms with van der Waals surface area (Å²) < 4.78 is 31.9. The van der Waals surface area contributed by atoms with Crippen LogP contribution in [0.3, 0.4) is 0 Å². The van der Waals surface area contributed by atoms with Crippen molar-refractivity contribution in [2.24, 2.45) is 7.05 Å². The number of rotatable bonds is 7. The van der Waals surface area contributed by atoms with Crippen LogP contribution in [0, 0.1) is 0 Å². The number of halogens is 2. The Morgan fingerprint density at radius 2 is 2.10 bits per heavy atom. The average molecular weight is 296 g/mol. The Morgan fingerprint density at radius 3 is 2.76 bits per heavy atom. The van der Waals surface area contributed by atoms with Crippen LogP contribution in [-0.4, -0.2) is 21.4 Å². The summed E-state index contributed by atoms with van der Waals surface area (Å²) in [5.74, 6) is 0.720. The molecule has 21 heavy (non-hydrogen) atoms. The highest BCUT2D eigenvalue weighted by Gasteiger charge is 2.13. The molecule has 0 radical (unpaired) electrons. The van der Waals surface area contributed by atoms with Crippen LogP contribution >= 0.6 is 0 Å². The molecule has 114 valence electrons. The number of alkyl halides is 2. The molecule has 0 amide bonds. The fourth-order valence-corrected chi connectivity index (χ4v) is 1.94. The number of aromatic nitrogens is 3. The lowest BCUT2D eigenvalue weighted by molar-refractivity contribution is 0.145. The van der Waals surface area contributed by atoms with Crippen LogP contribution in [0.5, 0.6) is 5.75 Å². The molecule has 2 aromatic heterocycles. The maximum Gasteiger partial charge on any atom is 0.282 e. The summed E-state index contributed by atoms with van der Waals surface area (Å²) in [5, 5.41) is 6.95. The number of aryl methyl sites for hydroxylation is 1. The summed E-state index contributed by atoms with van der Waals surface area (Å²) in [5.41, 5.74) is 1.48. The van der Waals surface area contributed by atoms with E-state index in [4.69, 9.17) is 4.74 Å². The van der Waals surface area contributed by atoms with Gasteiger partial charge >= 0.3 is 0 Å². The third-order valence-corrected chi connectivity index (χ3v) is 2.94. The first kappa shape index (κ1) is 15.4. The second-order valence-electron chi connectivity index (χ2n) is 4.55. The second kappa shape index (κ2) is 7.12. The molecule has 0 unspecified atom stereocenters. The molecule has 0 saturated carbocycles. The van der Waals surface area contributed by atoms with E-state index in [1.54, 1.807) is 19.4 Å². The Kier molecular flexibility index (Phi) is 5.21. The molecule has 0 fully saturated rings. The summed E-state index contributed by atoms with van der Waals surface area (Å²) in [6, 6.07) is 3.31. The van der Waals surface area contributed by atoms with Crippen LogP contribution in [0.4, 0.5) is 8.78 Å². The minimum Gasteiger partial charge on any atom is -0.492 e. The van der Waals surface area contributed by atoms with Gasteiger partial charge in [-0.05, 0) is 24.6 Å². The van der Waals surface area contributed by atoms with Crippen molar-refractivity contribution in [3.05, 3.63) is 41.5 Å². The van der Waals surface area contributed by atoms with Gasteiger partial charge in [0.05, 0.1) is 18.5 Å². The summed E-state index contributed by atoms with van der Waals surface area (Å²) in [7, 11) is 1.65. The van der Waals surface area contributed by atoms with Crippen LogP contribution in [0.25, 0.3) is 0 Å². The molecule has 0 saturated heterocycles. The highest BCUT2D eigenvalue weighted by molar-refractivity contribution is 5.23. The Labute approximate surface area is 121 Å². The van der Waals surface area contributed by atoms with E-state index in [0.29, 0.717) is 25.4 Å². The molecule has 2 heterocycles. The monoisotopic (exact) mass is 296 g/mol. The van der Waals surface area contributed by atoms with Gasteiger partial charge in [-0.1, -0.05) is 0 Å². The van der Waals surface area contributed by atoms with Gasteiger partial charge in [-0.25, -0.2) is 8.78 Å². The third kappa shape index (κ3) is 4.22. The predicted molar refractivity (Wildman–Crippen MR) is 74.1 cm³/mol. The van der Waals surface area contributed by atoms with E-state index in [2.05, 4.69) is 15.4 Å². The maximum atomic E-state index is 12.5. The van der Waals surface area contributed by atoms with Gasteiger partial charge in [0, 0.05) is 26.3 Å². The molecule has 2 aromatic rings. The molecule has 0 spiro atoms. The minimum absolute atomic E-state index is 0.200. The molecule has 0 aromatic carbocycles. The molecule has 1 N–H and O–H groups in total. The molecule has 0 aliphatic rings. The van der Waals surface area contributed by atoms with Crippen LogP contribution in [-0.2, 0) is 20.1 Å². The summed E-state index contributed by atoms with van der Waals surface area (Å²) >= 11 is 0. The zero-order valence-corrected chi connectivity index (χ0v) is 12.0. The van der Waals surface area contributed by atoms with Crippen molar-refractivity contribution in [2.75, 3.05) is 6.61 Å². The zero-order chi connectivity index (χ0) is 15.2. The number of ether oxygens (including phenoxy) is 1. The van der Waals surface area contributed by atoms with Crippen molar-refractivity contribution >= 4 is 0 Å². The first-order chi connectivity index (χ1) is 10.1. The molecule has 0 aliphatic carbocycles. The van der Waals surface area contributed by atoms with E-state index < -0.39 is 6.43 Å². The number of nitrogens with zero attached hydrogens (tertiary/aromatic N) is 3. The van der Waals surface area contributed by atoms with E-state index >= 15 is 0 Å². The highest BCUT2D eigenvalue weighted by atomic mass is 19.3. The fourth-order valence-electron chi connectivity index (χ4n) is 1.94. The molecule has 0 bridgehead atoms. The number of hydrogen-bond acceptors (Lipinski definition) is 4. The molecular formula is C14H18F2N4O. The fraction of sp³-hybridized carbons (Fsp3) is 0.429. The molecular weight excluding hydrogens is 278 g/mol. The van der Waals surface area contributed by atoms with Crippen molar-refractivity contribution in [1.29, 1.82) is 0 Å². The van der Waals surface area contributed by atoms with Gasteiger partial charge in [-0.15, -0.1) is 0 Å². The quantitative estimate of drug-likeness (QED) is 0.852. The topological polar surface area (TPSA) is 52.0 Å². The van der Waals surface area contributed by atoms with Gasteiger partial charge in [0.15, 0.2) is 0 Å². The number of pyridine rings is 1. The van der Waals surface area contributed by atoms with Gasteiger partial charge in [0.2, 0.25) is 0 Å². The van der Waals surface area contributed by atoms with Crippen LogP contribution in [0.2, 0.25) is 0 Å². The lowest BCUT2D eigenvalue weighted by atomic mass is 10.2. The van der Waals surface area contributed by atoms with E-state index in [1.807, 2.05) is 13.0 Å². The van der Waals surface area contributed by atoms with Crippen molar-refractivity contribution in [2.45, 2.75) is 26.4 Å². The summed E-state index contributed by atoms with van der Waals surface area (Å²) in [4.78, 5) is 4.09. The highest BCUT2D eigenvalue weighted by Crippen LogP contribution is 2.17. The first-order valence-electron chi connectivity index (χ1n) is 6.68. The maximum absolute atomic E-state index is 12.5. The number of nitrogens with one attached hydrogen (secondary N) is 1. The van der Waals surface area contributed by atoms with Gasteiger partial charge in [0.1, 0.15) is 11.4 Å². The largest absolute Gasteiger partial charge is 0.492 e. The zero-order valence-electron chi connectivity index (χ0n) is 12.0. The van der Waals surface area contributed by atoms with E-state index in [-0.39, 0.29) is 5.69 Å². The molecule has 2 rings (SSSR count). The van der Waals surface area contributed by atoms with Crippen LogP contribution < -0.4 is 10.1 Å². The Hall–Kier alpha value is -2.02. The molecule has 0 atom stereocenters. The Bertz CT molecular complexity index is 586. The second-order valence-corrected chi connectivity index (χ2v) is 4.55. The van der Waals surface area contributed by atoms with Crippen molar-refractivity contribution in [1.82, 2.24) is 20.1 Å².